The largest absolute Gasteiger partial charge is 0.494 e. The smallest absolute Gasteiger partial charge is 0.331 e. The molecule has 0 bridgehead atoms. The molecule has 0 aliphatic rings. The molecule has 0 saturated carbocycles. The first kappa shape index (κ1) is 13.2. The Balaban J connectivity index is 2.93. The van der Waals surface area contributed by atoms with Crippen LogP contribution < -0.4 is 4.74 Å². The summed E-state index contributed by atoms with van der Waals surface area (Å²) in [5.41, 5.74) is 1.27. The summed E-state index contributed by atoms with van der Waals surface area (Å²) in [7, 11) is 1.40. The number of carbonyl (C=O) groups excluding carboxylic acids is 1. The van der Waals surface area contributed by atoms with Crippen molar-refractivity contribution in [1.29, 1.82) is 0 Å². The average molecular weight is 238 g/mol. The molecule has 0 aromatic heterocycles. The molecule has 0 heterocycles. The Bertz CT molecular complexity index is 438. The number of carbonyl (C=O) groups is 1. The second-order valence-electron chi connectivity index (χ2n) is 3.43. The van der Waals surface area contributed by atoms with Crippen LogP contribution in [-0.2, 0) is 9.53 Å². The highest BCUT2D eigenvalue weighted by Gasteiger charge is 2.06. The van der Waals surface area contributed by atoms with Gasteiger partial charge in [0.25, 0.3) is 0 Å². The Morgan fingerprint density at radius 1 is 1.47 bits per heavy atom. The second-order valence-corrected chi connectivity index (χ2v) is 3.43. The minimum absolute atomic E-state index is 0.178. The van der Waals surface area contributed by atoms with E-state index >= 15 is 0 Å². The molecule has 4 heteroatoms. The topological polar surface area (TPSA) is 35.5 Å². The zero-order chi connectivity index (χ0) is 12.8. The fraction of sp³-hybridized carbons (Fsp3) is 0.308. The Morgan fingerprint density at radius 2 is 2.18 bits per heavy atom. The summed E-state index contributed by atoms with van der Waals surface area (Å²) in [4.78, 5) is 11.2. The fourth-order valence-corrected chi connectivity index (χ4v) is 1.36. The van der Waals surface area contributed by atoms with Crippen LogP contribution in [0.4, 0.5) is 4.39 Å². The van der Waals surface area contributed by atoms with E-state index in [0.29, 0.717) is 17.7 Å². The van der Waals surface area contributed by atoms with Crippen molar-refractivity contribution in [2.75, 3.05) is 13.7 Å². The molecular weight excluding hydrogens is 223 g/mol. The van der Waals surface area contributed by atoms with E-state index in [2.05, 4.69) is 0 Å². The van der Waals surface area contributed by atoms with Crippen LogP contribution in [0.25, 0.3) is 5.57 Å². The Morgan fingerprint density at radius 3 is 2.71 bits per heavy atom. The van der Waals surface area contributed by atoms with Gasteiger partial charge < -0.3 is 9.47 Å². The molecule has 0 aliphatic carbocycles. The highest BCUT2D eigenvalue weighted by atomic mass is 19.1. The first-order valence-corrected chi connectivity index (χ1v) is 5.27. The van der Waals surface area contributed by atoms with Gasteiger partial charge in [-0.1, -0.05) is 6.07 Å². The van der Waals surface area contributed by atoms with Gasteiger partial charge >= 0.3 is 5.97 Å². The SMILES string of the molecule is CCOC(=O)/C=C(\C)c1ccc(OC)c(F)c1. The van der Waals surface area contributed by atoms with Crippen molar-refractivity contribution in [3.8, 4) is 5.75 Å². The fourth-order valence-electron chi connectivity index (χ4n) is 1.36. The van der Waals surface area contributed by atoms with Crippen LogP contribution in [0.1, 0.15) is 19.4 Å². The van der Waals surface area contributed by atoms with E-state index < -0.39 is 11.8 Å². The summed E-state index contributed by atoms with van der Waals surface area (Å²) in [6, 6.07) is 4.53. The second kappa shape index (κ2) is 6.03. The monoisotopic (exact) mass is 238 g/mol. The average Bonchev–Trinajstić information content (AvgIpc) is 2.29. The maximum absolute atomic E-state index is 13.4. The first-order valence-electron chi connectivity index (χ1n) is 5.27. The third-order valence-corrected chi connectivity index (χ3v) is 2.23. The van der Waals surface area contributed by atoms with Crippen molar-refractivity contribution < 1.29 is 18.7 Å². The highest BCUT2D eigenvalue weighted by Crippen LogP contribution is 2.22. The standard InChI is InChI=1S/C13H15FO3/c1-4-17-13(15)7-9(2)10-5-6-12(16-3)11(14)8-10/h5-8H,4H2,1-3H3/b9-7+. The number of methoxy groups -OCH3 is 1. The van der Waals surface area contributed by atoms with Crippen molar-refractivity contribution in [2.24, 2.45) is 0 Å². The lowest BCUT2D eigenvalue weighted by molar-refractivity contribution is -0.137. The van der Waals surface area contributed by atoms with E-state index in [0.717, 1.165) is 0 Å². The molecule has 0 saturated heterocycles. The maximum atomic E-state index is 13.4. The number of halogens is 1. The summed E-state index contributed by atoms with van der Waals surface area (Å²) >= 11 is 0. The normalized spacial score (nSPS) is 11.2. The molecule has 92 valence electrons. The van der Waals surface area contributed by atoms with Gasteiger partial charge in [0.15, 0.2) is 11.6 Å². The predicted molar refractivity (Wildman–Crippen MR) is 63.2 cm³/mol. The van der Waals surface area contributed by atoms with Crippen molar-refractivity contribution >= 4 is 11.5 Å². The Hall–Kier alpha value is -1.84. The van der Waals surface area contributed by atoms with E-state index in [4.69, 9.17) is 9.47 Å². The minimum atomic E-state index is -0.457. The molecule has 1 rings (SSSR count). The number of rotatable bonds is 4. The van der Waals surface area contributed by atoms with Crippen LogP contribution in [0.2, 0.25) is 0 Å². The minimum Gasteiger partial charge on any atom is -0.494 e. The molecule has 0 unspecified atom stereocenters. The van der Waals surface area contributed by atoms with Crippen LogP contribution >= 0.6 is 0 Å². The van der Waals surface area contributed by atoms with E-state index in [1.54, 1.807) is 19.9 Å². The van der Waals surface area contributed by atoms with Gasteiger partial charge in [-0.05, 0) is 37.1 Å². The quantitative estimate of drug-likeness (QED) is 0.597. The van der Waals surface area contributed by atoms with Gasteiger partial charge in [-0.3, -0.25) is 0 Å². The molecule has 1 aromatic rings. The van der Waals surface area contributed by atoms with Gasteiger partial charge in [-0.15, -0.1) is 0 Å². The zero-order valence-electron chi connectivity index (χ0n) is 10.1. The summed E-state index contributed by atoms with van der Waals surface area (Å²) in [6.45, 7) is 3.77. The van der Waals surface area contributed by atoms with Crippen molar-refractivity contribution in [1.82, 2.24) is 0 Å². The molecule has 0 spiro atoms. The van der Waals surface area contributed by atoms with Crippen molar-refractivity contribution in [2.45, 2.75) is 13.8 Å². The summed E-state index contributed by atoms with van der Waals surface area (Å²) < 4.78 is 23.0. The molecule has 0 atom stereocenters. The Labute approximate surface area is 99.9 Å². The van der Waals surface area contributed by atoms with Crippen molar-refractivity contribution in [3.63, 3.8) is 0 Å². The third-order valence-electron chi connectivity index (χ3n) is 2.23. The van der Waals surface area contributed by atoms with E-state index in [-0.39, 0.29) is 5.75 Å². The molecule has 0 N–H and O–H groups in total. The van der Waals surface area contributed by atoms with Crippen LogP contribution in [-0.4, -0.2) is 19.7 Å². The number of esters is 1. The molecule has 0 fully saturated rings. The Kier molecular flexibility index (Phi) is 4.69. The lowest BCUT2D eigenvalue weighted by Gasteiger charge is -2.05. The van der Waals surface area contributed by atoms with Gasteiger partial charge in [0.1, 0.15) is 0 Å². The van der Waals surface area contributed by atoms with Crippen LogP contribution in [0, 0.1) is 5.82 Å². The van der Waals surface area contributed by atoms with Gasteiger partial charge in [-0.2, -0.15) is 0 Å². The van der Waals surface area contributed by atoms with Gasteiger partial charge in [0.05, 0.1) is 13.7 Å². The van der Waals surface area contributed by atoms with Gasteiger partial charge in [0.2, 0.25) is 0 Å². The zero-order valence-corrected chi connectivity index (χ0v) is 10.1. The van der Waals surface area contributed by atoms with Gasteiger partial charge in [0, 0.05) is 6.08 Å². The number of allylic oxidation sites excluding steroid dienone is 1. The first-order chi connectivity index (χ1) is 8.08. The summed E-state index contributed by atoms with van der Waals surface area (Å²) in [5.74, 6) is -0.708. The summed E-state index contributed by atoms with van der Waals surface area (Å²) in [6.07, 6.45) is 1.34. The number of hydrogen-bond donors (Lipinski definition) is 0. The number of hydrogen-bond acceptors (Lipinski definition) is 3. The molecule has 0 aliphatic heterocycles. The van der Waals surface area contributed by atoms with Crippen LogP contribution in [0.3, 0.4) is 0 Å². The van der Waals surface area contributed by atoms with Crippen molar-refractivity contribution in [3.05, 3.63) is 35.7 Å². The number of benzene rings is 1. The third kappa shape index (κ3) is 3.59. The van der Waals surface area contributed by atoms with E-state index in [1.807, 2.05) is 0 Å². The molecule has 0 radical (unpaired) electrons. The number of ether oxygens (including phenoxy) is 2. The highest BCUT2D eigenvalue weighted by molar-refractivity contribution is 5.90. The molecule has 17 heavy (non-hydrogen) atoms. The predicted octanol–water partition coefficient (Wildman–Crippen LogP) is 2.80. The maximum Gasteiger partial charge on any atom is 0.331 e. The van der Waals surface area contributed by atoms with Gasteiger partial charge in [-0.25, -0.2) is 9.18 Å². The van der Waals surface area contributed by atoms with Crippen LogP contribution in [0.15, 0.2) is 24.3 Å². The lowest BCUT2D eigenvalue weighted by atomic mass is 10.1. The lowest BCUT2D eigenvalue weighted by Crippen LogP contribution is -2.00. The molecule has 0 amide bonds. The van der Waals surface area contributed by atoms with E-state index in [9.17, 15) is 9.18 Å². The van der Waals surface area contributed by atoms with Crippen LogP contribution in [0.5, 0.6) is 5.75 Å². The molecular formula is C13H15FO3. The summed E-state index contributed by atoms with van der Waals surface area (Å²) in [5, 5.41) is 0. The molecule has 1 aromatic carbocycles. The van der Waals surface area contributed by atoms with E-state index in [1.165, 1.54) is 25.3 Å². The molecule has 3 nitrogen and oxygen atoms in total.